The minimum Gasteiger partial charge on any atom is -0.508 e. The Hall–Kier alpha value is -6.56. The van der Waals surface area contributed by atoms with Gasteiger partial charge in [0, 0.05) is 19.4 Å². The average molecular weight is 880 g/mol. The number of carbonyl (C=O) groups excluding carboxylic acids is 7. The first-order valence-electron chi connectivity index (χ1n) is 19.7. The highest BCUT2D eigenvalue weighted by Gasteiger charge is 2.34. The normalized spacial score (nSPS) is 13.8. The van der Waals surface area contributed by atoms with Crippen LogP contribution in [0.4, 0.5) is 0 Å². The summed E-state index contributed by atoms with van der Waals surface area (Å²) in [5, 5.41) is 54.7. The molecule has 0 aliphatic carbocycles. The number of aliphatic carboxylic acids is 2. The van der Waals surface area contributed by atoms with Crippen LogP contribution in [0.5, 0.6) is 5.75 Å². The van der Waals surface area contributed by atoms with Gasteiger partial charge in [-0.2, -0.15) is 0 Å². The van der Waals surface area contributed by atoms with E-state index in [4.69, 9.17) is 22.3 Å². The fourth-order valence-electron chi connectivity index (χ4n) is 5.66. The molecule has 0 saturated heterocycles. The van der Waals surface area contributed by atoms with Crippen LogP contribution in [0.2, 0.25) is 0 Å². The number of hydrogen-bond donors (Lipinski definition) is 14. The Labute approximate surface area is 358 Å². The summed E-state index contributed by atoms with van der Waals surface area (Å²) >= 11 is 0. The van der Waals surface area contributed by atoms with Gasteiger partial charge >= 0.3 is 11.9 Å². The van der Waals surface area contributed by atoms with Crippen LogP contribution in [0.15, 0.2) is 29.3 Å². The van der Waals surface area contributed by atoms with Gasteiger partial charge in [-0.15, -0.1) is 0 Å². The average Bonchev–Trinajstić information content (AvgIpc) is 3.19. The number of nitrogens with one attached hydrogen (secondary N) is 7. The van der Waals surface area contributed by atoms with Gasteiger partial charge in [-0.05, 0) is 55.2 Å². The van der Waals surface area contributed by atoms with Crippen LogP contribution in [-0.4, -0.2) is 142 Å². The third-order valence-electron chi connectivity index (χ3n) is 8.90. The number of carbonyl (C=O) groups is 9. The number of nitrogens with two attached hydrogens (primary N) is 3. The van der Waals surface area contributed by atoms with Gasteiger partial charge in [-0.3, -0.25) is 43.3 Å². The molecule has 0 radical (unpaired) electrons. The number of phenols is 1. The topological polar surface area (TPSA) is 409 Å². The van der Waals surface area contributed by atoms with Crippen molar-refractivity contribution in [2.45, 2.75) is 102 Å². The van der Waals surface area contributed by atoms with E-state index in [1.165, 1.54) is 24.3 Å². The van der Waals surface area contributed by atoms with E-state index >= 15 is 0 Å². The molecule has 0 heterocycles. The molecule has 24 nitrogen and oxygen atoms in total. The number of benzene rings is 1. The maximum absolute atomic E-state index is 14.0. The second-order valence-corrected chi connectivity index (χ2v) is 15.0. The van der Waals surface area contributed by atoms with Crippen LogP contribution in [0.1, 0.15) is 65.4 Å². The number of carboxylic acids is 2. The van der Waals surface area contributed by atoms with Gasteiger partial charge < -0.3 is 74.8 Å². The lowest BCUT2D eigenvalue weighted by Gasteiger charge is -2.28. The molecule has 0 spiro atoms. The zero-order chi connectivity index (χ0) is 47.1. The first-order chi connectivity index (χ1) is 29.1. The van der Waals surface area contributed by atoms with Gasteiger partial charge in [0.1, 0.15) is 42.0 Å². The number of guanidine groups is 1. The van der Waals surface area contributed by atoms with Crippen molar-refractivity contribution in [3.8, 4) is 5.75 Å². The van der Waals surface area contributed by atoms with E-state index in [1.807, 2.05) is 0 Å². The van der Waals surface area contributed by atoms with Gasteiger partial charge in [-0.1, -0.05) is 39.8 Å². The van der Waals surface area contributed by atoms with Crippen LogP contribution in [0.25, 0.3) is 0 Å². The number of aliphatic imine (C=N–C) groups is 1. The molecule has 17 N–H and O–H groups in total. The summed E-state index contributed by atoms with van der Waals surface area (Å²) in [7, 11) is 0. The van der Waals surface area contributed by atoms with Crippen LogP contribution < -0.4 is 54.4 Å². The maximum atomic E-state index is 14.0. The monoisotopic (exact) mass is 879 g/mol. The van der Waals surface area contributed by atoms with E-state index in [0.29, 0.717) is 5.56 Å². The van der Waals surface area contributed by atoms with Gasteiger partial charge in [0.2, 0.25) is 41.4 Å². The third-order valence-corrected chi connectivity index (χ3v) is 8.90. The molecular weight excluding hydrogens is 818 g/mol. The number of hydrogen-bond acceptors (Lipinski definition) is 13. The molecule has 6 atom stereocenters. The number of aliphatic hydroxyl groups excluding tert-OH is 1. The molecule has 0 aliphatic heterocycles. The van der Waals surface area contributed by atoms with Crippen LogP contribution in [0.3, 0.4) is 0 Å². The predicted octanol–water partition coefficient (Wildman–Crippen LogP) is -4.38. The zero-order valence-electron chi connectivity index (χ0n) is 35.1. The number of amides is 7. The summed E-state index contributed by atoms with van der Waals surface area (Å²) < 4.78 is 0. The Morgan fingerprint density at radius 1 is 0.677 bits per heavy atom. The fourth-order valence-corrected chi connectivity index (χ4v) is 5.66. The molecule has 62 heavy (non-hydrogen) atoms. The van der Waals surface area contributed by atoms with Crippen LogP contribution >= 0.6 is 0 Å². The number of aromatic hydroxyl groups is 1. The van der Waals surface area contributed by atoms with E-state index in [1.54, 1.807) is 27.7 Å². The van der Waals surface area contributed by atoms with Crippen molar-refractivity contribution in [1.82, 2.24) is 37.2 Å². The molecule has 1 aromatic rings. The minimum absolute atomic E-state index is 0.0327. The standard InChI is InChI=1S/C38H61N11O13/c1-19(2)14-25(47-36(60)31(20(3)4)49-29(53)17-43-32(56)24(11-12-30(54)55)44-28(52)16-39)34(58)46-26(15-21-7-9-22(51)10-8-21)35(59)45-23(6-5-13-42-38(40)41)33(57)48-27(18-50)37(61)62/h7-10,19-20,23-27,31,50-51H,5-6,11-18,39H2,1-4H3,(H,43,56)(H,44,52)(H,45,59)(H,46,58)(H,47,60)(H,48,57)(H,49,53)(H,54,55)(H,61,62)(H4,40,41,42). The molecule has 1 rings (SSSR count). The van der Waals surface area contributed by atoms with Crippen molar-refractivity contribution in [3.05, 3.63) is 29.8 Å². The molecule has 0 aromatic heterocycles. The van der Waals surface area contributed by atoms with E-state index in [2.05, 4.69) is 42.2 Å². The summed E-state index contributed by atoms with van der Waals surface area (Å²) in [5.74, 6) is -9.82. The van der Waals surface area contributed by atoms with Gasteiger partial charge in [0.15, 0.2) is 5.96 Å². The molecular formula is C38H61N11O13. The van der Waals surface area contributed by atoms with Gasteiger partial charge in [0.25, 0.3) is 0 Å². The van der Waals surface area contributed by atoms with Crippen molar-refractivity contribution in [3.63, 3.8) is 0 Å². The van der Waals surface area contributed by atoms with Crippen LogP contribution in [-0.2, 0) is 49.6 Å². The Morgan fingerprint density at radius 3 is 1.76 bits per heavy atom. The lowest BCUT2D eigenvalue weighted by molar-refractivity contribution is -0.143. The number of rotatable bonds is 28. The molecule has 0 bridgehead atoms. The lowest BCUT2D eigenvalue weighted by Crippen LogP contribution is -2.60. The smallest absolute Gasteiger partial charge is 0.328 e. The Morgan fingerprint density at radius 2 is 1.23 bits per heavy atom. The summed E-state index contributed by atoms with van der Waals surface area (Å²) in [5.41, 5.74) is 16.5. The zero-order valence-corrected chi connectivity index (χ0v) is 35.1. The summed E-state index contributed by atoms with van der Waals surface area (Å²) in [6.07, 6.45) is -0.903. The first kappa shape index (κ1) is 53.5. The van der Waals surface area contributed by atoms with Crippen molar-refractivity contribution in [2.75, 3.05) is 26.2 Å². The Kier molecular flexibility index (Phi) is 23.6. The molecule has 1 aromatic carbocycles. The molecule has 24 heteroatoms. The van der Waals surface area contributed by atoms with Crippen molar-refractivity contribution < 1.29 is 63.6 Å². The highest BCUT2D eigenvalue weighted by Crippen LogP contribution is 2.14. The van der Waals surface area contributed by atoms with Crippen LogP contribution in [0, 0.1) is 11.8 Å². The largest absolute Gasteiger partial charge is 0.508 e. The minimum atomic E-state index is -1.70. The summed E-state index contributed by atoms with van der Waals surface area (Å²) in [6, 6.07) is -2.76. The second kappa shape index (κ2) is 27.3. The maximum Gasteiger partial charge on any atom is 0.328 e. The quantitative estimate of drug-likeness (QED) is 0.0215. The van der Waals surface area contributed by atoms with Crippen molar-refractivity contribution >= 4 is 59.2 Å². The number of aliphatic hydroxyl groups is 1. The number of carboxylic acid groups (broad SMARTS) is 2. The van der Waals surface area contributed by atoms with Crippen molar-refractivity contribution in [2.24, 2.45) is 34.0 Å². The van der Waals surface area contributed by atoms with Gasteiger partial charge in [-0.25, -0.2) is 4.79 Å². The fraction of sp³-hybridized carbons (Fsp3) is 0.579. The lowest BCUT2D eigenvalue weighted by atomic mass is 9.98. The summed E-state index contributed by atoms with van der Waals surface area (Å²) in [6.45, 7) is 4.66. The number of nitrogens with zero attached hydrogens (tertiary/aromatic N) is 1. The van der Waals surface area contributed by atoms with E-state index < -0.39 is 122 Å². The van der Waals surface area contributed by atoms with E-state index in [-0.39, 0.29) is 56.3 Å². The third kappa shape index (κ3) is 20.6. The van der Waals surface area contributed by atoms with E-state index in [9.17, 15) is 58.5 Å². The van der Waals surface area contributed by atoms with Crippen molar-refractivity contribution in [1.29, 1.82) is 0 Å². The molecule has 0 aliphatic rings. The Balaban J connectivity index is 3.35. The molecule has 6 unspecified atom stereocenters. The molecule has 7 amide bonds. The highest BCUT2D eigenvalue weighted by atomic mass is 16.4. The Bertz CT molecular complexity index is 1740. The van der Waals surface area contributed by atoms with Gasteiger partial charge in [0.05, 0.1) is 19.7 Å². The molecule has 0 saturated carbocycles. The first-order valence-corrected chi connectivity index (χ1v) is 19.7. The van der Waals surface area contributed by atoms with E-state index in [0.717, 1.165) is 0 Å². The molecule has 346 valence electrons. The second-order valence-electron chi connectivity index (χ2n) is 15.0. The predicted molar refractivity (Wildman–Crippen MR) is 221 cm³/mol. The summed E-state index contributed by atoms with van der Waals surface area (Å²) in [4.78, 5) is 119. The SMILES string of the molecule is CC(C)CC(NC(=O)C(NC(=O)CNC(=O)C(CCC(=O)O)NC(=O)CN)C(C)C)C(=O)NC(Cc1ccc(O)cc1)C(=O)NC(CCCN=C(N)N)C(=O)NC(CO)C(=O)O. The molecule has 0 fully saturated rings. The highest BCUT2D eigenvalue weighted by molar-refractivity contribution is 5.97. The number of phenolic OH excluding ortho intramolecular Hbond substituents is 1.